The van der Waals surface area contributed by atoms with Crippen LogP contribution in [0, 0.1) is 6.92 Å². The Labute approximate surface area is 252 Å². The molecule has 0 aliphatic rings. The Morgan fingerprint density at radius 1 is 0.976 bits per heavy atom. The summed E-state index contributed by atoms with van der Waals surface area (Å²) >= 11 is 12.3. The molecule has 2 amide bonds. The highest BCUT2D eigenvalue weighted by molar-refractivity contribution is 7.92. The van der Waals surface area contributed by atoms with E-state index < -0.39 is 28.5 Å². The number of methoxy groups -OCH3 is 1. The van der Waals surface area contributed by atoms with Gasteiger partial charge in [-0.1, -0.05) is 66.0 Å². The lowest BCUT2D eigenvalue weighted by atomic mass is 10.1. The molecule has 0 saturated heterocycles. The van der Waals surface area contributed by atoms with E-state index in [0.29, 0.717) is 22.0 Å². The Kier molecular flexibility index (Phi) is 11.1. The van der Waals surface area contributed by atoms with Crippen molar-refractivity contribution in [3.8, 4) is 5.75 Å². The van der Waals surface area contributed by atoms with Gasteiger partial charge in [0.1, 0.15) is 18.3 Å². The summed E-state index contributed by atoms with van der Waals surface area (Å²) in [6.45, 7) is 6.68. The highest BCUT2D eigenvalue weighted by atomic mass is 35.5. The van der Waals surface area contributed by atoms with Crippen molar-refractivity contribution in [3.63, 3.8) is 0 Å². The van der Waals surface area contributed by atoms with E-state index in [1.54, 1.807) is 61.5 Å². The molecule has 3 aromatic carbocycles. The molecule has 0 unspecified atom stereocenters. The number of ether oxygens (including phenoxy) is 1. The molecule has 11 heteroatoms. The van der Waals surface area contributed by atoms with Crippen LogP contribution in [0.15, 0.2) is 71.6 Å². The SMILES string of the molecule is CC[C@@H](C)NC(=O)[C@H](C)N(Cc1ccc(Cl)c(Cl)c1)C(=O)CN(c1ccccc1OC)S(=O)(=O)c1ccc(C)cc1. The average molecular weight is 621 g/mol. The standard InChI is InChI=1S/C30H35Cl2N3O5S/c1-6-21(3)33-30(37)22(4)34(18-23-13-16-25(31)26(32)17-23)29(36)19-35(27-9-7-8-10-28(27)40-5)41(38,39)24-14-11-20(2)12-15-24/h7-17,21-22H,6,18-19H2,1-5H3,(H,33,37)/t21-,22+/m1/s1. The lowest BCUT2D eigenvalue weighted by Gasteiger charge is -2.32. The zero-order valence-electron chi connectivity index (χ0n) is 23.7. The molecule has 0 bridgehead atoms. The van der Waals surface area contributed by atoms with Crippen LogP contribution in [-0.4, -0.2) is 50.9 Å². The first kappa shape index (κ1) is 32.2. The monoisotopic (exact) mass is 619 g/mol. The Morgan fingerprint density at radius 2 is 1.63 bits per heavy atom. The van der Waals surface area contributed by atoms with E-state index in [2.05, 4.69) is 5.32 Å². The number of nitrogens with one attached hydrogen (secondary N) is 1. The lowest BCUT2D eigenvalue weighted by molar-refractivity contribution is -0.139. The van der Waals surface area contributed by atoms with Crippen molar-refractivity contribution in [2.24, 2.45) is 0 Å². The molecule has 1 N–H and O–H groups in total. The van der Waals surface area contributed by atoms with Crippen molar-refractivity contribution in [3.05, 3.63) is 87.9 Å². The fourth-order valence-corrected chi connectivity index (χ4v) is 5.81. The minimum Gasteiger partial charge on any atom is -0.495 e. The van der Waals surface area contributed by atoms with Gasteiger partial charge in [-0.05, 0) is 69.2 Å². The van der Waals surface area contributed by atoms with Gasteiger partial charge in [-0.15, -0.1) is 0 Å². The zero-order valence-corrected chi connectivity index (χ0v) is 26.1. The van der Waals surface area contributed by atoms with Gasteiger partial charge in [-0.3, -0.25) is 13.9 Å². The predicted molar refractivity (Wildman–Crippen MR) is 163 cm³/mol. The summed E-state index contributed by atoms with van der Waals surface area (Å²) in [7, 11) is -2.79. The second kappa shape index (κ2) is 14.1. The number of hydrogen-bond donors (Lipinski definition) is 1. The number of hydrogen-bond acceptors (Lipinski definition) is 5. The van der Waals surface area contributed by atoms with Gasteiger partial charge in [-0.25, -0.2) is 8.42 Å². The van der Waals surface area contributed by atoms with Crippen LogP contribution < -0.4 is 14.4 Å². The van der Waals surface area contributed by atoms with Crippen molar-refractivity contribution in [1.29, 1.82) is 0 Å². The van der Waals surface area contributed by atoms with Crippen molar-refractivity contribution in [1.82, 2.24) is 10.2 Å². The van der Waals surface area contributed by atoms with E-state index in [0.717, 1.165) is 9.87 Å². The molecule has 3 aromatic rings. The van der Waals surface area contributed by atoms with Gasteiger partial charge >= 0.3 is 0 Å². The van der Waals surface area contributed by atoms with Gasteiger partial charge in [0.05, 0.1) is 27.7 Å². The maximum atomic E-state index is 14.1. The molecule has 2 atom stereocenters. The summed E-state index contributed by atoms with van der Waals surface area (Å²) in [5.41, 5.74) is 1.70. The molecule has 220 valence electrons. The Balaban J connectivity index is 2.08. The molecule has 0 heterocycles. The molecular weight excluding hydrogens is 585 g/mol. The molecule has 3 rings (SSSR count). The van der Waals surface area contributed by atoms with Gasteiger partial charge in [0.2, 0.25) is 11.8 Å². The minimum absolute atomic E-state index is 0.00480. The molecule has 0 aliphatic carbocycles. The first-order valence-electron chi connectivity index (χ1n) is 13.1. The van der Waals surface area contributed by atoms with Crippen LogP contribution in [0.5, 0.6) is 5.75 Å². The van der Waals surface area contributed by atoms with Crippen LogP contribution in [0.25, 0.3) is 0 Å². The number of benzene rings is 3. The fourth-order valence-electron chi connectivity index (χ4n) is 4.07. The Bertz CT molecular complexity index is 1480. The van der Waals surface area contributed by atoms with Gasteiger partial charge in [0, 0.05) is 12.6 Å². The van der Waals surface area contributed by atoms with Crippen LogP contribution in [0.2, 0.25) is 10.0 Å². The lowest BCUT2D eigenvalue weighted by Crippen LogP contribution is -2.52. The number of nitrogens with zero attached hydrogens (tertiary/aromatic N) is 2. The number of carbonyl (C=O) groups excluding carboxylic acids is 2. The second-order valence-corrected chi connectivity index (χ2v) is 12.4. The van der Waals surface area contributed by atoms with Crippen LogP contribution in [0.1, 0.15) is 38.3 Å². The number of aryl methyl sites for hydroxylation is 1. The number of rotatable bonds is 12. The molecule has 0 aromatic heterocycles. The second-order valence-electron chi connectivity index (χ2n) is 9.76. The highest BCUT2D eigenvalue weighted by Gasteiger charge is 2.34. The third-order valence-corrected chi connectivity index (χ3v) is 9.26. The fraction of sp³-hybridized carbons (Fsp3) is 0.333. The predicted octanol–water partition coefficient (Wildman–Crippen LogP) is 5.84. The van der Waals surface area contributed by atoms with Gasteiger partial charge < -0.3 is 15.0 Å². The van der Waals surface area contributed by atoms with E-state index in [1.165, 1.54) is 24.1 Å². The van der Waals surface area contributed by atoms with Crippen molar-refractivity contribution < 1.29 is 22.7 Å². The summed E-state index contributed by atoms with van der Waals surface area (Å²) in [6.07, 6.45) is 0.704. The summed E-state index contributed by atoms with van der Waals surface area (Å²) in [6, 6.07) is 16.8. The molecule has 0 radical (unpaired) electrons. The third kappa shape index (κ3) is 7.93. The molecule has 0 saturated carbocycles. The normalized spacial score (nSPS) is 12.8. The van der Waals surface area contributed by atoms with Crippen molar-refractivity contribution in [2.75, 3.05) is 18.0 Å². The maximum absolute atomic E-state index is 14.1. The Hall–Kier alpha value is -3.27. The number of anilines is 1. The first-order valence-corrected chi connectivity index (χ1v) is 15.3. The Morgan fingerprint density at radius 3 is 2.24 bits per heavy atom. The number of carbonyl (C=O) groups is 2. The molecule has 0 aliphatic heterocycles. The molecule has 0 fully saturated rings. The number of sulfonamides is 1. The van der Waals surface area contributed by atoms with E-state index >= 15 is 0 Å². The average Bonchev–Trinajstić information content (AvgIpc) is 2.95. The van der Waals surface area contributed by atoms with E-state index in [-0.39, 0.29) is 34.8 Å². The number of para-hydroxylation sites is 2. The van der Waals surface area contributed by atoms with E-state index in [4.69, 9.17) is 27.9 Å². The van der Waals surface area contributed by atoms with Crippen LogP contribution in [0.3, 0.4) is 0 Å². The minimum atomic E-state index is -4.22. The quantitative estimate of drug-likeness (QED) is 0.275. The van der Waals surface area contributed by atoms with Crippen molar-refractivity contribution >= 4 is 50.7 Å². The first-order chi connectivity index (χ1) is 19.4. The molecule has 8 nitrogen and oxygen atoms in total. The number of amides is 2. The van der Waals surface area contributed by atoms with Gasteiger partial charge in [-0.2, -0.15) is 0 Å². The third-order valence-electron chi connectivity index (χ3n) is 6.75. The topological polar surface area (TPSA) is 96.0 Å². The van der Waals surface area contributed by atoms with Gasteiger partial charge in [0.25, 0.3) is 10.0 Å². The number of halogens is 2. The summed E-state index contributed by atoms with van der Waals surface area (Å²) in [5, 5.41) is 3.55. The van der Waals surface area contributed by atoms with Crippen molar-refractivity contribution in [2.45, 2.75) is 57.6 Å². The largest absolute Gasteiger partial charge is 0.495 e. The maximum Gasteiger partial charge on any atom is 0.264 e. The van der Waals surface area contributed by atoms with Crippen LogP contribution in [-0.2, 0) is 26.2 Å². The summed E-state index contributed by atoms with van der Waals surface area (Å²) < 4.78 is 34.4. The highest BCUT2D eigenvalue weighted by Crippen LogP contribution is 2.33. The van der Waals surface area contributed by atoms with E-state index in [1.807, 2.05) is 20.8 Å². The van der Waals surface area contributed by atoms with Crippen LogP contribution in [0.4, 0.5) is 5.69 Å². The molecule has 41 heavy (non-hydrogen) atoms. The summed E-state index contributed by atoms with van der Waals surface area (Å²) in [4.78, 5) is 28.6. The smallest absolute Gasteiger partial charge is 0.264 e. The zero-order chi connectivity index (χ0) is 30.3. The summed E-state index contributed by atoms with van der Waals surface area (Å²) in [5.74, 6) is -0.683. The van der Waals surface area contributed by atoms with E-state index in [9.17, 15) is 18.0 Å². The molecular formula is C30H35Cl2N3O5S. The van der Waals surface area contributed by atoms with Crippen LogP contribution >= 0.6 is 23.2 Å². The molecule has 0 spiro atoms. The van der Waals surface area contributed by atoms with Gasteiger partial charge in [0.15, 0.2) is 0 Å².